The fraction of sp³-hybridized carbons (Fsp3) is 0.455. The summed E-state index contributed by atoms with van der Waals surface area (Å²) in [4.78, 5) is 59.4. The Morgan fingerprint density at radius 3 is 2.16 bits per heavy atom. The largest absolute Gasteiger partial charge is 0.463 e. The van der Waals surface area contributed by atoms with Gasteiger partial charge < -0.3 is 33.6 Å². The summed E-state index contributed by atoms with van der Waals surface area (Å²) in [6, 6.07) is 13.5. The van der Waals surface area contributed by atoms with E-state index in [-0.39, 0.29) is 62.3 Å². The van der Waals surface area contributed by atoms with Crippen LogP contribution in [0.4, 0.5) is 34.1 Å². The molecule has 2 fully saturated rings. The number of hydrogen-bond donors (Lipinski definition) is 1. The zero-order valence-electron chi connectivity index (χ0n) is 36.1. The maximum absolute atomic E-state index is 17.2. The third-order valence-electron chi connectivity index (χ3n) is 10.1. The zero-order chi connectivity index (χ0) is 45.1. The van der Waals surface area contributed by atoms with Gasteiger partial charge in [-0.1, -0.05) is 53.3 Å². The van der Waals surface area contributed by atoms with Crippen LogP contribution in [-0.4, -0.2) is 125 Å². The first kappa shape index (κ1) is 45.4. The molecule has 19 heteroatoms. The molecule has 63 heavy (non-hydrogen) atoms. The van der Waals surface area contributed by atoms with Gasteiger partial charge in [-0.25, -0.2) is 28.1 Å². The van der Waals surface area contributed by atoms with Gasteiger partial charge in [-0.15, -0.1) is 0 Å². The lowest BCUT2D eigenvalue weighted by molar-refractivity contribution is 0.0141. The molecule has 2 aliphatic heterocycles. The molecule has 336 valence electrons. The minimum absolute atomic E-state index is 0.00373. The smallest absolute Gasteiger partial charge is 0.413 e. The number of anilines is 2. The van der Waals surface area contributed by atoms with Crippen LogP contribution in [0.5, 0.6) is 6.01 Å². The highest BCUT2D eigenvalue weighted by molar-refractivity contribution is 7.22. The second kappa shape index (κ2) is 19.0. The Morgan fingerprint density at radius 2 is 1.48 bits per heavy atom. The number of fused-ring (bicyclic) bond motifs is 2. The highest BCUT2D eigenvalue weighted by Gasteiger charge is 2.30. The number of carbonyl (C=O) groups is 3. The standard InChI is InChI=1S/C44H51ClF2N8O7S/c1-43(2,3)61-40(56)51-39-49-35-28(13-14-31(46)36(35)63-39)32-30(45)25-29-34(33(32)47)48-38(59-24-10-15-52-16-18-55(19-17-52)42(58)62-44(4,5)6)50-37(29)53-20-22-54(23-21-53)41(57)60-26-27-11-8-7-9-12-27/h7-9,11-14,25H,10,15-24,26H2,1-6H3,(H,49,51,56). The van der Waals surface area contributed by atoms with Crippen LogP contribution in [0.1, 0.15) is 53.5 Å². The van der Waals surface area contributed by atoms with Crippen LogP contribution in [0, 0.1) is 11.6 Å². The third kappa shape index (κ3) is 11.3. The van der Waals surface area contributed by atoms with Crippen molar-refractivity contribution in [3.8, 4) is 17.1 Å². The number of thiazole rings is 1. The monoisotopic (exact) mass is 908 g/mol. The summed E-state index contributed by atoms with van der Waals surface area (Å²) in [6.45, 7) is 15.4. The van der Waals surface area contributed by atoms with E-state index in [2.05, 4.69) is 20.2 Å². The van der Waals surface area contributed by atoms with Gasteiger partial charge in [0.05, 0.1) is 21.8 Å². The molecule has 0 unspecified atom stereocenters. The SMILES string of the molecule is CC(C)(C)OC(=O)Nc1nc2c(-c3c(Cl)cc4c(N5CCN(C(=O)OCc6ccccc6)CC5)nc(OCCCN5CCN(C(=O)OC(C)(C)C)CC5)nc4c3F)ccc(F)c2s1. The van der Waals surface area contributed by atoms with Crippen molar-refractivity contribution >= 4 is 73.3 Å². The van der Waals surface area contributed by atoms with E-state index in [1.807, 2.05) is 56.0 Å². The van der Waals surface area contributed by atoms with Crippen molar-refractivity contribution in [2.24, 2.45) is 0 Å². The quantitative estimate of drug-likeness (QED) is 0.105. The number of piperazine rings is 2. The zero-order valence-corrected chi connectivity index (χ0v) is 37.7. The Balaban J connectivity index is 1.13. The number of amides is 3. The molecular weight excluding hydrogens is 858 g/mol. The van der Waals surface area contributed by atoms with Crippen molar-refractivity contribution < 1.29 is 42.1 Å². The number of rotatable bonds is 10. The fourth-order valence-corrected chi connectivity index (χ4v) is 8.35. The molecule has 3 amide bonds. The van der Waals surface area contributed by atoms with Gasteiger partial charge in [-0.3, -0.25) is 10.2 Å². The van der Waals surface area contributed by atoms with Gasteiger partial charge in [0.15, 0.2) is 10.9 Å². The second-order valence-corrected chi connectivity index (χ2v) is 18.6. The van der Waals surface area contributed by atoms with E-state index in [0.717, 1.165) is 16.9 Å². The molecule has 2 saturated heterocycles. The summed E-state index contributed by atoms with van der Waals surface area (Å²) >= 11 is 7.80. The average molecular weight is 909 g/mol. The topological polar surface area (TPSA) is 152 Å². The lowest BCUT2D eigenvalue weighted by atomic mass is 10.0. The normalized spacial score (nSPS) is 15.2. The molecule has 2 aromatic heterocycles. The van der Waals surface area contributed by atoms with Crippen molar-refractivity contribution in [2.45, 2.75) is 65.8 Å². The number of halogens is 3. The van der Waals surface area contributed by atoms with E-state index in [0.29, 0.717) is 76.5 Å². The van der Waals surface area contributed by atoms with E-state index in [4.69, 9.17) is 35.5 Å². The summed E-state index contributed by atoms with van der Waals surface area (Å²) in [7, 11) is 0. The third-order valence-corrected chi connectivity index (χ3v) is 11.4. The summed E-state index contributed by atoms with van der Waals surface area (Å²) in [5.41, 5.74) is -0.380. The van der Waals surface area contributed by atoms with Gasteiger partial charge in [0.1, 0.15) is 35.0 Å². The molecule has 0 bridgehead atoms. The lowest BCUT2D eigenvalue weighted by Crippen LogP contribution is -2.50. The van der Waals surface area contributed by atoms with Gasteiger partial charge in [0, 0.05) is 75.4 Å². The highest BCUT2D eigenvalue weighted by Crippen LogP contribution is 2.43. The van der Waals surface area contributed by atoms with Gasteiger partial charge in [-0.05, 0) is 71.7 Å². The van der Waals surface area contributed by atoms with E-state index in [1.165, 1.54) is 12.1 Å². The average Bonchev–Trinajstić information content (AvgIpc) is 3.66. The number of carbonyl (C=O) groups excluding carboxylic acids is 3. The molecule has 5 aromatic rings. The van der Waals surface area contributed by atoms with E-state index >= 15 is 8.78 Å². The number of nitrogens with zero attached hydrogens (tertiary/aromatic N) is 7. The number of benzene rings is 3. The molecule has 0 saturated carbocycles. The van der Waals surface area contributed by atoms with E-state index in [1.54, 1.807) is 36.6 Å². The molecule has 0 radical (unpaired) electrons. The van der Waals surface area contributed by atoms with Crippen LogP contribution in [0.3, 0.4) is 0 Å². The van der Waals surface area contributed by atoms with Crippen LogP contribution in [0.15, 0.2) is 48.5 Å². The minimum Gasteiger partial charge on any atom is -0.463 e. The van der Waals surface area contributed by atoms with Crippen molar-refractivity contribution in [2.75, 3.05) is 75.7 Å². The lowest BCUT2D eigenvalue weighted by Gasteiger charge is -2.35. The van der Waals surface area contributed by atoms with Crippen molar-refractivity contribution in [3.63, 3.8) is 0 Å². The van der Waals surface area contributed by atoms with Crippen LogP contribution in [0.2, 0.25) is 5.02 Å². The maximum Gasteiger partial charge on any atom is 0.413 e. The van der Waals surface area contributed by atoms with Crippen LogP contribution < -0.4 is 15.0 Å². The van der Waals surface area contributed by atoms with Crippen molar-refractivity contribution in [3.05, 3.63) is 70.8 Å². The van der Waals surface area contributed by atoms with E-state index in [9.17, 15) is 14.4 Å². The Bertz CT molecular complexity index is 2470. The summed E-state index contributed by atoms with van der Waals surface area (Å²) in [5.74, 6) is -1.06. The van der Waals surface area contributed by atoms with Crippen molar-refractivity contribution in [1.82, 2.24) is 29.7 Å². The Kier molecular flexibility index (Phi) is 13.7. The highest BCUT2D eigenvalue weighted by atomic mass is 35.5. The molecule has 7 rings (SSSR count). The van der Waals surface area contributed by atoms with Crippen LogP contribution >= 0.6 is 22.9 Å². The number of aromatic nitrogens is 3. The first-order valence-corrected chi connectivity index (χ1v) is 21.9. The van der Waals surface area contributed by atoms with Crippen LogP contribution in [0.25, 0.3) is 32.2 Å². The number of ether oxygens (including phenoxy) is 4. The molecule has 15 nitrogen and oxygen atoms in total. The molecule has 3 aromatic carbocycles. The predicted octanol–water partition coefficient (Wildman–Crippen LogP) is 8.97. The van der Waals surface area contributed by atoms with Gasteiger partial charge in [-0.2, -0.15) is 9.97 Å². The molecule has 0 spiro atoms. The van der Waals surface area contributed by atoms with Crippen LogP contribution in [-0.2, 0) is 20.8 Å². The fourth-order valence-electron chi connectivity index (χ4n) is 7.18. The molecule has 4 heterocycles. The Hall–Kier alpha value is -5.59. The first-order valence-electron chi connectivity index (χ1n) is 20.8. The van der Waals surface area contributed by atoms with Gasteiger partial charge in [0.25, 0.3) is 0 Å². The molecule has 1 N–H and O–H groups in total. The summed E-state index contributed by atoms with van der Waals surface area (Å²) < 4.78 is 55.1. The van der Waals surface area contributed by atoms with Gasteiger partial charge in [0.2, 0.25) is 0 Å². The second-order valence-electron chi connectivity index (χ2n) is 17.2. The molecule has 2 aliphatic rings. The molecule has 0 aliphatic carbocycles. The predicted molar refractivity (Wildman–Crippen MR) is 238 cm³/mol. The summed E-state index contributed by atoms with van der Waals surface area (Å²) in [6.07, 6.45) is -0.956. The Morgan fingerprint density at radius 1 is 0.810 bits per heavy atom. The van der Waals surface area contributed by atoms with E-state index < -0.39 is 35.0 Å². The van der Waals surface area contributed by atoms with Gasteiger partial charge >= 0.3 is 24.3 Å². The Labute approximate surface area is 373 Å². The number of hydrogen-bond acceptors (Lipinski definition) is 13. The molecular formula is C44H51ClF2N8O7S. The maximum atomic E-state index is 17.2. The first-order chi connectivity index (χ1) is 29.9. The number of nitrogens with one attached hydrogen (secondary N) is 1. The minimum atomic E-state index is -0.806. The van der Waals surface area contributed by atoms with Crippen molar-refractivity contribution in [1.29, 1.82) is 0 Å². The molecule has 0 atom stereocenters. The summed E-state index contributed by atoms with van der Waals surface area (Å²) in [5, 5.41) is 2.90.